The lowest BCUT2D eigenvalue weighted by Crippen LogP contribution is -2.41. The number of rotatable bonds is 7. The first-order valence-electron chi connectivity index (χ1n) is 6.82. The monoisotopic (exact) mass is 242 g/mol. The highest BCUT2D eigenvalue weighted by atomic mass is 16.3. The summed E-state index contributed by atoms with van der Waals surface area (Å²) in [5, 5.41) is 13.2. The highest BCUT2D eigenvalue weighted by Crippen LogP contribution is 2.13. The second kappa shape index (κ2) is 6.97. The average Bonchev–Trinajstić information content (AvgIpc) is 2.88. The number of nitrogens with zero attached hydrogens (tertiary/aromatic N) is 1. The molecule has 2 N–H and O–H groups in total. The summed E-state index contributed by atoms with van der Waals surface area (Å²) >= 11 is 0. The zero-order chi connectivity index (χ0) is 12.7. The van der Waals surface area contributed by atoms with Crippen molar-refractivity contribution in [3.05, 3.63) is 0 Å². The van der Waals surface area contributed by atoms with Gasteiger partial charge in [0.25, 0.3) is 0 Å². The second-order valence-electron chi connectivity index (χ2n) is 4.95. The molecule has 0 saturated carbocycles. The van der Waals surface area contributed by atoms with Crippen LogP contribution >= 0.6 is 0 Å². The maximum absolute atomic E-state index is 11.7. The van der Waals surface area contributed by atoms with E-state index < -0.39 is 5.60 Å². The van der Waals surface area contributed by atoms with Crippen molar-refractivity contribution in [1.82, 2.24) is 10.2 Å². The van der Waals surface area contributed by atoms with Gasteiger partial charge in [-0.25, -0.2) is 0 Å². The van der Waals surface area contributed by atoms with Gasteiger partial charge in [0.1, 0.15) is 0 Å². The zero-order valence-corrected chi connectivity index (χ0v) is 11.2. The Labute approximate surface area is 104 Å². The molecule has 4 heteroatoms. The van der Waals surface area contributed by atoms with Crippen LogP contribution < -0.4 is 5.32 Å². The third kappa shape index (κ3) is 4.64. The molecule has 17 heavy (non-hydrogen) atoms. The fourth-order valence-electron chi connectivity index (χ4n) is 2.14. The van der Waals surface area contributed by atoms with Crippen molar-refractivity contribution in [2.45, 2.75) is 51.6 Å². The highest BCUT2D eigenvalue weighted by Gasteiger charge is 2.22. The molecule has 0 aromatic carbocycles. The number of likely N-dealkylation sites (tertiary alicyclic amines) is 1. The van der Waals surface area contributed by atoms with Crippen molar-refractivity contribution in [3.63, 3.8) is 0 Å². The number of carbonyl (C=O) groups is 1. The van der Waals surface area contributed by atoms with Gasteiger partial charge in [0.2, 0.25) is 5.91 Å². The summed E-state index contributed by atoms with van der Waals surface area (Å²) in [6.45, 7) is 7.06. The lowest BCUT2D eigenvalue weighted by molar-refractivity contribution is -0.130. The van der Waals surface area contributed by atoms with Gasteiger partial charge >= 0.3 is 0 Å². The summed E-state index contributed by atoms with van der Waals surface area (Å²) in [5.41, 5.74) is -0.614. The fourth-order valence-corrected chi connectivity index (χ4v) is 2.14. The molecule has 0 radical (unpaired) electrons. The number of aliphatic hydroxyl groups is 1. The molecule has 1 saturated heterocycles. The van der Waals surface area contributed by atoms with E-state index in [9.17, 15) is 9.90 Å². The molecule has 1 heterocycles. The maximum Gasteiger partial charge on any atom is 0.223 e. The van der Waals surface area contributed by atoms with Gasteiger partial charge in [0, 0.05) is 32.6 Å². The zero-order valence-electron chi connectivity index (χ0n) is 11.2. The van der Waals surface area contributed by atoms with Gasteiger partial charge in [-0.2, -0.15) is 0 Å². The van der Waals surface area contributed by atoms with Crippen LogP contribution in [0.2, 0.25) is 0 Å². The van der Waals surface area contributed by atoms with Gasteiger partial charge in [-0.05, 0) is 25.7 Å². The first kappa shape index (κ1) is 14.5. The Bertz CT molecular complexity index is 234. The Morgan fingerprint density at radius 1 is 1.29 bits per heavy atom. The average molecular weight is 242 g/mol. The predicted octanol–water partition coefficient (Wildman–Crippen LogP) is 1.14. The molecule has 1 amide bonds. The molecule has 0 atom stereocenters. The van der Waals surface area contributed by atoms with E-state index in [2.05, 4.69) is 5.32 Å². The van der Waals surface area contributed by atoms with Crippen LogP contribution in [-0.4, -0.2) is 47.7 Å². The molecule has 0 aromatic heterocycles. The molecule has 1 aliphatic rings. The standard InChI is InChI=1S/C13H26N2O2/c1-3-13(17,4-2)11-14-8-7-12(16)15-9-5-6-10-15/h14,17H,3-11H2,1-2H3. The van der Waals surface area contributed by atoms with E-state index >= 15 is 0 Å². The number of hydrogen-bond acceptors (Lipinski definition) is 3. The first-order chi connectivity index (χ1) is 8.11. The van der Waals surface area contributed by atoms with Crippen LogP contribution in [0.25, 0.3) is 0 Å². The van der Waals surface area contributed by atoms with Crippen LogP contribution in [0.15, 0.2) is 0 Å². The molecule has 0 aliphatic carbocycles. The van der Waals surface area contributed by atoms with E-state index in [-0.39, 0.29) is 5.91 Å². The molecule has 4 nitrogen and oxygen atoms in total. The molecule has 0 spiro atoms. The van der Waals surface area contributed by atoms with E-state index in [1.165, 1.54) is 0 Å². The van der Waals surface area contributed by atoms with Crippen molar-refractivity contribution in [3.8, 4) is 0 Å². The molecule has 0 aromatic rings. The second-order valence-corrected chi connectivity index (χ2v) is 4.95. The van der Waals surface area contributed by atoms with Crippen LogP contribution in [0.4, 0.5) is 0 Å². The van der Waals surface area contributed by atoms with E-state index in [1.54, 1.807) is 0 Å². The summed E-state index contributed by atoms with van der Waals surface area (Å²) in [5.74, 6) is 0.242. The quantitative estimate of drug-likeness (QED) is 0.658. The molecule has 1 rings (SSSR count). The first-order valence-corrected chi connectivity index (χ1v) is 6.82. The summed E-state index contributed by atoms with van der Waals surface area (Å²) in [6, 6.07) is 0. The molecule has 1 aliphatic heterocycles. The molecular formula is C13H26N2O2. The molecular weight excluding hydrogens is 216 g/mol. The lowest BCUT2D eigenvalue weighted by Gasteiger charge is -2.25. The molecule has 100 valence electrons. The van der Waals surface area contributed by atoms with Gasteiger partial charge in [-0.15, -0.1) is 0 Å². The molecule has 0 unspecified atom stereocenters. The number of nitrogens with one attached hydrogen (secondary N) is 1. The topological polar surface area (TPSA) is 52.6 Å². The van der Waals surface area contributed by atoms with Crippen molar-refractivity contribution in [2.75, 3.05) is 26.2 Å². The van der Waals surface area contributed by atoms with E-state index in [0.29, 0.717) is 19.5 Å². The third-order valence-electron chi connectivity index (χ3n) is 3.74. The van der Waals surface area contributed by atoms with Crippen LogP contribution in [0.5, 0.6) is 0 Å². The number of amides is 1. The molecule has 1 fully saturated rings. The normalized spacial score (nSPS) is 16.5. The van der Waals surface area contributed by atoms with Crippen LogP contribution in [0.1, 0.15) is 46.0 Å². The Balaban J connectivity index is 2.13. The minimum absolute atomic E-state index is 0.242. The van der Waals surface area contributed by atoms with E-state index in [4.69, 9.17) is 0 Å². The highest BCUT2D eigenvalue weighted by molar-refractivity contribution is 5.76. The third-order valence-corrected chi connectivity index (χ3v) is 3.74. The number of hydrogen-bond donors (Lipinski definition) is 2. The minimum atomic E-state index is -0.614. The van der Waals surface area contributed by atoms with E-state index in [1.807, 2.05) is 18.7 Å². The summed E-state index contributed by atoms with van der Waals surface area (Å²) < 4.78 is 0. The SMILES string of the molecule is CCC(O)(CC)CNCCC(=O)N1CCCC1. The summed E-state index contributed by atoms with van der Waals surface area (Å²) in [7, 11) is 0. The Morgan fingerprint density at radius 3 is 2.41 bits per heavy atom. The summed E-state index contributed by atoms with van der Waals surface area (Å²) in [6.07, 6.45) is 4.33. The molecule has 0 bridgehead atoms. The van der Waals surface area contributed by atoms with Gasteiger partial charge < -0.3 is 15.3 Å². The summed E-state index contributed by atoms with van der Waals surface area (Å²) in [4.78, 5) is 13.7. The lowest BCUT2D eigenvalue weighted by atomic mass is 9.98. The van der Waals surface area contributed by atoms with Crippen molar-refractivity contribution < 1.29 is 9.90 Å². The van der Waals surface area contributed by atoms with Crippen molar-refractivity contribution >= 4 is 5.91 Å². The maximum atomic E-state index is 11.7. The van der Waals surface area contributed by atoms with Gasteiger partial charge in [0.05, 0.1) is 5.60 Å². The Kier molecular flexibility index (Phi) is 5.92. The smallest absolute Gasteiger partial charge is 0.223 e. The van der Waals surface area contributed by atoms with E-state index in [0.717, 1.165) is 38.8 Å². The fraction of sp³-hybridized carbons (Fsp3) is 0.923. The Morgan fingerprint density at radius 2 is 1.88 bits per heavy atom. The van der Waals surface area contributed by atoms with Gasteiger partial charge in [-0.3, -0.25) is 4.79 Å². The van der Waals surface area contributed by atoms with Gasteiger partial charge in [-0.1, -0.05) is 13.8 Å². The van der Waals surface area contributed by atoms with Crippen LogP contribution in [0, 0.1) is 0 Å². The largest absolute Gasteiger partial charge is 0.389 e. The minimum Gasteiger partial charge on any atom is -0.389 e. The Hall–Kier alpha value is -0.610. The predicted molar refractivity (Wildman–Crippen MR) is 68.8 cm³/mol. The van der Waals surface area contributed by atoms with Crippen molar-refractivity contribution in [2.24, 2.45) is 0 Å². The van der Waals surface area contributed by atoms with Crippen molar-refractivity contribution in [1.29, 1.82) is 0 Å². The van der Waals surface area contributed by atoms with Crippen LogP contribution in [-0.2, 0) is 4.79 Å². The van der Waals surface area contributed by atoms with Crippen LogP contribution in [0.3, 0.4) is 0 Å². The number of carbonyl (C=O) groups excluding carboxylic acids is 1. The van der Waals surface area contributed by atoms with Gasteiger partial charge in [0.15, 0.2) is 0 Å².